The summed E-state index contributed by atoms with van der Waals surface area (Å²) in [6.45, 7) is 1.46. The lowest BCUT2D eigenvalue weighted by Gasteiger charge is -2.05. The Hall–Kier alpha value is -2.20. The maximum Gasteiger partial charge on any atom is 0.339 e. The van der Waals surface area contributed by atoms with Gasteiger partial charge in [0.1, 0.15) is 0 Å². The fraction of sp³-hybridized carbons (Fsp3) is 0.200. The highest BCUT2D eigenvalue weighted by Gasteiger charge is 2.04. The van der Waals surface area contributed by atoms with Gasteiger partial charge in [-0.05, 0) is 17.7 Å². The second-order valence-electron chi connectivity index (χ2n) is 4.12. The lowest BCUT2D eigenvalue weighted by molar-refractivity contribution is 0.0600. The number of rotatable bonds is 5. The van der Waals surface area contributed by atoms with E-state index in [1.54, 1.807) is 6.07 Å². The molecular formula is C15H16N2O2. The summed E-state index contributed by atoms with van der Waals surface area (Å²) in [5.74, 6) is -0.365. The van der Waals surface area contributed by atoms with Crippen LogP contribution in [0.2, 0.25) is 0 Å². The Balaban J connectivity index is 1.85. The summed E-state index contributed by atoms with van der Waals surface area (Å²) >= 11 is 0. The zero-order valence-corrected chi connectivity index (χ0v) is 10.8. The summed E-state index contributed by atoms with van der Waals surface area (Å²) in [6, 6.07) is 13.7. The zero-order valence-electron chi connectivity index (χ0n) is 10.8. The van der Waals surface area contributed by atoms with Crippen molar-refractivity contribution in [1.29, 1.82) is 0 Å². The minimum atomic E-state index is -0.365. The fourth-order valence-corrected chi connectivity index (χ4v) is 1.70. The van der Waals surface area contributed by atoms with E-state index in [2.05, 4.69) is 27.2 Å². The minimum Gasteiger partial charge on any atom is -0.465 e. The van der Waals surface area contributed by atoms with Crippen LogP contribution in [0.4, 0.5) is 0 Å². The number of pyridine rings is 1. The normalized spacial score (nSPS) is 10.2. The van der Waals surface area contributed by atoms with Crippen LogP contribution in [-0.2, 0) is 17.8 Å². The molecule has 0 aliphatic heterocycles. The summed E-state index contributed by atoms with van der Waals surface area (Å²) < 4.78 is 4.62. The maximum atomic E-state index is 11.2. The summed E-state index contributed by atoms with van der Waals surface area (Å²) in [5, 5.41) is 3.30. The molecule has 0 radical (unpaired) electrons. The Morgan fingerprint density at radius 1 is 1.16 bits per heavy atom. The molecule has 2 rings (SSSR count). The molecule has 2 aromatic rings. The van der Waals surface area contributed by atoms with Crippen LogP contribution in [0.25, 0.3) is 0 Å². The summed E-state index contributed by atoms with van der Waals surface area (Å²) in [6.07, 6.45) is 1.53. The highest BCUT2D eigenvalue weighted by atomic mass is 16.5. The van der Waals surface area contributed by atoms with Crippen LogP contribution in [-0.4, -0.2) is 18.1 Å². The first-order valence-corrected chi connectivity index (χ1v) is 6.07. The highest BCUT2D eigenvalue weighted by molar-refractivity contribution is 5.88. The SMILES string of the molecule is COC(=O)c1ccc(CNCc2ccccc2)nc1. The molecule has 0 unspecified atom stereocenters. The Labute approximate surface area is 112 Å². The van der Waals surface area contributed by atoms with Crippen molar-refractivity contribution >= 4 is 5.97 Å². The predicted octanol–water partition coefficient (Wildman–Crippen LogP) is 2.16. The number of nitrogens with zero attached hydrogens (tertiary/aromatic N) is 1. The molecule has 0 saturated heterocycles. The Morgan fingerprint density at radius 2 is 1.95 bits per heavy atom. The van der Waals surface area contributed by atoms with Gasteiger partial charge in [0.2, 0.25) is 0 Å². The average molecular weight is 256 g/mol. The number of carbonyl (C=O) groups is 1. The van der Waals surface area contributed by atoms with E-state index < -0.39 is 0 Å². The van der Waals surface area contributed by atoms with E-state index >= 15 is 0 Å². The smallest absolute Gasteiger partial charge is 0.339 e. The molecule has 0 atom stereocenters. The summed E-state index contributed by atoms with van der Waals surface area (Å²) in [4.78, 5) is 15.5. The van der Waals surface area contributed by atoms with Crippen molar-refractivity contribution < 1.29 is 9.53 Å². The van der Waals surface area contributed by atoms with Crippen molar-refractivity contribution in [3.8, 4) is 0 Å². The molecule has 0 fully saturated rings. The topological polar surface area (TPSA) is 51.2 Å². The molecule has 1 N–H and O–H groups in total. The number of aromatic nitrogens is 1. The molecule has 0 spiro atoms. The summed E-state index contributed by atoms with van der Waals surface area (Å²) in [7, 11) is 1.36. The van der Waals surface area contributed by atoms with E-state index in [9.17, 15) is 4.79 Å². The molecule has 4 nitrogen and oxygen atoms in total. The number of benzene rings is 1. The predicted molar refractivity (Wildman–Crippen MR) is 72.6 cm³/mol. The van der Waals surface area contributed by atoms with Crippen LogP contribution in [0.3, 0.4) is 0 Å². The number of hydrogen-bond donors (Lipinski definition) is 1. The van der Waals surface area contributed by atoms with Crippen LogP contribution in [0, 0.1) is 0 Å². The first-order chi connectivity index (χ1) is 9.29. The first-order valence-electron chi connectivity index (χ1n) is 6.07. The number of ether oxygens (including phenoxy) is 1. The molecule has 0 amide bonds. The molecule has 1 aromatic heterocycles. The standard InChI is InChI=1S/C15H16N2O2/c1-19-15(18)13-7-8-14(17-10-13)11-16-9-12-5-3-2-4-6-12/h2-8,10,16H,9,11H2,1H3. The van der Waals surface area contributed by atoms with Gasteiger partial charge >= 0.3 is 5.97 Å². The molecule has 19 heavy (non-hydrogen) atoms. The van der Waals surface area contributed by atoms with E-state index in [0.717, 1.165) is 12.2 Å². The highest BCUT2D eigenvalue weighted by Crippen LogP contribution is 2.03. The van der Waals surface area contributed by atoms with E-state index in [4.69, 9.17) is 0 Å². The van der Waals surface area contributed by atoms with Gasteiger partial charge in [0.05, 0.1) is 18.4 Å². The van der Waals surface area contributed by atoms with Crippen LogP contribution in [0.1, 0.15) is 21.6 Å². The van der Waals surface area contributed by atoms with Crippen molar-refractivity contribution in [2.24, 2.45) is 0 Å². The minimum absolute atomic E-state index is 0.365. The molecule has 1 heterocycles. The van der Waals surface area contributed by atoms with Crippen molar-refractivity contribution in [1.82, 2.24) is 10.3 Å². The van der Waals surface area contributed by atoms with Crippen LogP contribution < -0.4 is 5.32 Å². The first kappa shape index (κ1) is 13.2. The van der Waals surface area contributed by atoms with Crippen LogP contribution >= 0.6 is 0 Å². The number of esters is 1. The molecular weight excluding hydrogens is 240 g/mol. The van der Waals surface area contributed by atoms with Crippen molar-refractivity contribution in [2.75, 3.05) is 7.11 Å². The van der Waals surface area contributed by atoms with E-state index in [-0.39, 0.29) is 5.97 Å². The molecule has 98 valence electrons. The third kappa shape index (κ3) is 3.89. The van der Waals surface area contributed by atoms with Gasteiger partial charge in [-0.2, -0.15) is 0 Å². The lowest BCUT2D eigenvalue weighted by atomic mass is 10.2. The van der Waals surface area contributed by atoms with E-state index in [0.29, 0.717) is 12.1 Å². The van der Waals surface area contributed by atoms with Gasteiger partial charge < -0.3 is 10.1 Å². The maximum absolute atomic E-state index is 11.2. The Kier molecular flexibility index (Phi) is 4.64. The number of hydrogen-bond acceptors (Lipinski definition) is 4. The molecule has 0 aliphatic rings. The van der Waals surface area contributed by atoms with Gasteiger partial charge in [0.25, 0.3) is 0 Å². The third-order valence-electron chi connectivity index (χ3n) is 2.72. The largest absolute Gasteiger partial charge is 0.465 e. The van der Waals surface area contributed by atoms with Gasteiger partial charge in [-0.1, -0.05) is 30.3 Å². The fourth-order valence-electron chi connectivity index (χ4n) is 1.70. The monoisotopic (exact) mass is 256 g/mol. The quantitative estimate of drug-likeness (QED) is 0.833. The Morgan fingerprint density at radius 3 is 2.58 bits per heavy atom. The lowest BCUT2D eigenvalue weighted by Crippen LogP contribution is -2.14. The van der Waals surface area contributed by atoms with Crippen LogP contribution in [0.5, 0.6) is 0 Å². The second kappa shape index (κ2) is 6.66. The Bertz CT molecular complexity index is 524. The van der Waals surface area contributed by atoms with Crippen molar-refractivity contribution in [3.05, 3.63) is 65.5 Å². The van der Waals surface area contributed by atoms with Gasteiger partial charge in [-0.25, -0.2) is 4.79 Å². The number of methoxy groups -OCH3 is 1. The molecule has 0 saturated carbocycles. The third-order valence-corrected chi connectivity index (χ3v) is 2.72. The van der Waals surface area contributed by atoms with E-state index in [1.807, 2.05) is 24.3 Å². The molecule has 1 aromatic carbocycles. The zero-order chi connectivity index (χ0) is 13.5. The van der Waals surface area contributed by atoms with E-state index in [1.165, 1.54) is 18.9 Å². The van der Waals surface area contributed by atoms with Crippen molar-refractivity contribution in [3.63, 3.8) is 0 Å². The number of nitrogens with one attached hydrogen (secondary N) is 1. The second-order valence-corrected chi connectivity index (χ2v) is 4.12. The average Bonchev–Trinajstić information content (AvgIpc) is 2.48. The molecule has 0 aliphatic carbocycles. The van der Waals surface area contributed by atoms with Gasteiger partial charge in [-0.15, -0.1) is 0 Å². The van der Waals surface area contributed by atoms with Gasteiger partial charge in [0.15, 0.2) is 0 Å². The molecule has 0 bridgehead atoms. The van der Waals surface area contributed by atoms with Gasteiger partial charge in [0, 0.05) is 19.3 Å². The van der Waals surface area contributed by atoms with Gasteiger partial charge in [-0.3, -0.25) is 4.98 Å². The van der Waals surface area contributed by atoms with Crippen LogP contribution in [0.15, 0.2) is 48.7 Å². The van der Waals surface area contributed by atoms with Crippen molar-refractivity contribution in [2.45, 2.75) is 13.1 Å². The number of carbonyl (C=O) groups excluding carboxylic acids is 1. The molecule has 4 heteroatoms. The summed E-state index contributed by atoms with van der Waals surface area (Å²) in [5.41, 5.74) is 2.59.